The van der Waals surface area contributed by atoms with E-state index < -0.39 is 17.9 Å². The Balaban J connectivity index is 4.59. The molecule has 1 atom stereocenters. The van der Waals surface area contributed by atoms with Gasteiger partial charge in [0.05, 0.1) is 6.61 Å². The van der Waals surface area contributed by atoms with Gasteiger partial charge in [-0.05, 0) is 25.9 Å². The van der Waals surface area contributed by atoms with Gasteiger partial charge in [0.1, 0.15) is 0 Å². The van der Waals surface area contributed by atoms with Crippen LogP contribution in [0.3, 0.4) is 0 Å². The molecule has 0 unspecified atom stereocenters. The summed E-state index contributed by atoms with van der Waals surface area (Å²) in [6, 6.07) is -1.56. The topological polar surface area (TPSA) is 76.0 Å². The summed E-state index contributed by atoms with van der Waals surface area (Å²) >= 11 is 0. The lowest BCUT2D eigenvalue weighted by Crippen LogP contribution is -2.42. The Morgan fingerprint density at radius 1 is 1.27 bits per heavy atom. The average molecular weight is 216 g/mol. The number of hydrogen-bond acceptors (Lipinski definition) is 5. The van der Waals surface area contributed by atoms with Crippen LogP contribution >= 0.6 is 0 Å². The SMILES string of the molecule is CCOC(=O)[C@H](N=O)C(=O)N(CC)CC. The number of carbonyl (C=O) groups excluding carboxylic acids is 2. The molecule has 0 N–H and O–H groups in total. The second-order valence-corrected chi connectivity index (χ2v) is 2.77. The zero-order chi connectivity index (χ0) is 11.8. The van der Waals surface area contributed by atoms with Crippen LogP contribution in [0, 0.1) is 4.91 Å². The Kier molecular flexibility index (Phi) is 6.24. The van der Waals surface area contributed by atoms with Crippen LogP contribution < -0.4 is 0 Å². The maximum atomic E-state index is 11.6. The van der Waals surface area contributed by atoms with E-state index in [0.717, 1.165) is 0 Å². The Bertz CT molecular complexity index is 238. The third kappa shape index (κ3) is 3.65. The molecule has 0 aromatic carbocycles. The molecule has 6 heteroatoms. The lowest BCUT2D eigenvalue weighted by Gasteiger charge is -2.20. The minimum absolute atomic E-state index is 0.121. The summed E-state index contributed by atoms with van der Waals surface area (Å²) in [6.45, 7) is 6.10. The quantitative estimate of drug-likeness (QED) is 0.369. The monoisotopic (exact) mass is 216 g/mol. The summed E-state index contributed by atoms with van der Waals surface area (Å²) in [4.78, 5) is 34.5. The normalized spacial score (nSPS) is 11.7. The van der Waals surface area contributed by atoms with Crippen molar-refractivity contribution in [3.8, 4) is 0 Å². The third-order valence-electron chi connectivity index (χ3n) is 1.92. The van der Waals surface area contributed by atoms with Gasteiger partial charge in [-0.3, -0.25) is 4.79 Å². The number of amides is 1. The maximum Gasteiger partial charge on any atom is 0.344 e. The van der Waals surface area contributed by atoms with E-state index in [9.17, 15) is 14.5 Å². The summed E-state index contributed by atoms with van der Waals surface area (Å²) in [5, 5.41) is 2.51. The molecule has 0 saturated heterocycles. The van der Waals surface area contributed by atoms with Gasteiger partial charge in [0.15, 0.2) is 0 Å². The van der Waals surface area contributed by atoms with E-state index in [1.165, 1.54) is 4.90 Å². The van der Waals surface area contributed by atoms with Gasteiger partial charge in [-0.25, -0.2) is 4.79 Å². The van der Waals surface area contributed by atoms with Crippen molar-refractivity contribution in [1.82, 2.24) is 4.90 Å². The number of esters is 1. The fourth-order valence-electron chi connectivity index (χ4n) is 1.12. The first-order chi connectivity index (χ1) is 7.12. The molecule has 0 fully saturated rings. The van der Waals surface area contributed by atoms with E-state index in [1.807, 2.05) is 0 Å². The van der Waals surface area contributed by atoms with Crippen LogP contribution in [0.2, 0.25) is 0 Å². The molecule has 0 bridgehead atoms. The molecule has 0 aromatic rings. The number of nitrogens with zero attached hydrogens (tertiary/aromatic N) is 2. The molecule has 1 amide bonds. The van der Waals surface area contributed by atoms with Gasteiger partial charge in [-0.15, -0.1) is 4.91 Å². The second kappa shape index (κ2) is 6.92. The summed E-state index contributed by atoms with van der Waals surface area (Å²) in [6.07, 6.45) is 0. The molecule has 0 saturated carbocycles. The molecule has 0 radical (unpaired) electrons. The second-order valence-electron chi connectivity index (χ2n) is 2.77. The molecular weight excluding hydrogens is 200 g/mol. The molecule has 0 aliphatic rings. The highest BCUT2D eigenvalue weighted by atomic mass is 16.5. The van der Waals surface area contributed by atoms with Gasteiger partial charge in [-0.1, -0.05) is 0 Å². The summed E-state index contributed by atoms with van der Waals surface area (Å²) in [5.41, 5.74) is 0. The molecule has 6 nitrogen and oxygen atoms in total. The first-order valence-corrected chi connectivity index (χ1v) is 4.90. The van der Waals surface area contributed by atoms with E-state index in [0.29, 0.717) is 13.1 Å². The Morgan fingerprint density at radius 2 is 1.80 bits per heavy atom. The van der Waals surface area contributed by atoms with Crippen molar-refractivity contribution in [2.45, 2.75) is 26.8 Å². The first kappa shape index (κ1) is 13.5. The van der Waals surface area contributed by atoms with E-state index in [2.05, 4.69) is 9.91 Å². The summed E-state index contributed by atoms with van der Waals surface area (Å²) in [7, 11) is 0. The Hall–Kier alpha value is -1.46. The van der Waals surface area contributed by atoms with Crippen LogP contribution in [0.5, 0.6) is 0 Å². The third-order valence-corrected chi connectivity index (χ3v) is 1.92. The molecule has 0 aliphatic carbocycles. The van der Waals surface area contributed by atoms with Crippen molar-refractivity contribution in [2.75, 3.05) is 19.7 Å². The molecule has 0 aromatic heterocycles. The minimum atomic E-state index is -1.56. The predicted molar refractivity (Wildman–Crippen MR) is 54.1 cm³/mol. The van der Waals surface area contributed by atoms with E-state index in [-0.39, 0.29) is 6.61 Å². The van der Waals surface area contributed by atoms with Crippen LogP contribution in [-0.2, 0) is 14.3 Å². The standard InChI is InChI=1S/C9H16N2O4/c1-4-11(5-2)8(12)7(10-14)9(13)15-6-3/h7H,4-6H2,1-3H3/t7-/m1/s1. The minimum Gasteiger partial charge on any atom is -0.464 e. The molecule has 0 rings (SSSR count). The number of carbonyl (C=O) groups is 2. The van der Waals surface area contributed by atoms with Crippen molar-refractivity contribution in [1.29, 1.82) is 0 Å². The number of hydrogen-bond donors (Lipinski definition) is 0. The van der Waals surface area contributed by atoms with Crippen molar-refractivity contribution in [3.63, 3.8) is 0 Å². The molecule has 0 spiro atoms. The summed E-state index contributed by atoms with van der Waals surface area (Å²) in [5.74, 6) is -1.49. The fourth-order valence-corrected chi connectivity index (χ4v) is 1.12. The highest BCUT2D eigenvalue weighted by Gasteiger charge is 2.32. The summed E-state index contributed by atoms with van der Waals surface area (Å²) < 4.78 is 4.58. The van der Waals surface area contributed by atoms with Gasteiger partial charge in [0.25, 0.3) is 11.9 Å². The Labute approximate surface area is 88.5 Å². The zero-order valence-corrected chi connectivity index (χ0v) is 9.23. The lowest BCUT2D eigenvalue weighted by molar-refractivity contribution is -0.150. The van der Waals surface area contributed by atoms with Crippen LogP contribution in [-0.4, -0.2) is 42.5 Å². The number of ether oxygens (including phenoxy) is 1. The van der Waals surface area contributed by atoms with Crippen LogP contribution in [0.4, 0.5) is 0 Å². The molecule has 0 aliphatic heterocycles. The highest BCUT2D eigenvalue weighted by molar-refractivity contribution is 6.02. The number of nitroso groups, excluding NO2 is 1. The molecule has 86 valence electrons. The smallest absolute Gasteiger partial charge is 0.344 e. The van der Waals surface area contributed by atoms with E-state index >= 15 is 0 Å². The molecule has 15 heavy (non-hydrogen) atoms. The zero-order valence-electron chi connectivity index (χ0n) is 9.23. The van der Waals surface area contributed by atoms with Crippen molar-refractivity contribution >= 4 is 11.9 Å². The van der Waals surface area contributed by atoms with Crippen LogP contribution in [0.1, 0.15) is 20.8 Å². The lowest BCUT2D eigenvalue weighted by atomic mass is 10.2. The van der Waals surface area contributed by atoms with Crippen LogP contribution in [0.25, 0.3) is 0 Å². The van der Waals surface area contributed by atoms with Crippen molar-refractivity contribution in [2.24, 2.45) is 5.18 Å². The van der Waals surface area contributed by atoms with E-state index in [1.54, 1.807) is 20.8 Å². The number of rotatable bonds is 6. The van der Waals surface area contributed by atoms with Gasteiger partial charge in [0, 0.05) is 13.1 Å². The predicted octanol–water partition coefficient (Wildman–Crippen LogP) is 0.553. The molecule has 0 heterocycles. The van der Waals surface area contributed by atoms with Gasteiger partial charge < -0.3 is 9.64 Å². The van der Waals surface area contributed by atoms with Gasteiger partial charge in [-0.2, -0.15) is 0 Å². The Morgan fingerprint density at radius 3 is 2.13 bits per heavy atom. The maximum absolute atomic E-state index is 11.6. The van der Waals surface area contributed by atoms with Crippen LogP contribution in [0.15, 0.2) is 5.18 Å². The highest BCUT2D eigenvalue weighted by Crippen LogP contribution is 2.02. The fraction of sp³-hybridized carbons (Fsp3) is 0.778. The van der Waals surface area contributed by atoms with E-state index in [4.69, 9.17) is 0 Å². The van der Waals surface area contributed by atoms with Gasteiger partial charge in [0.2, 0.25) is 0 Å². The van der Waals surface area contributed by atoms with Crippen molar-refractivity contribution < 1.29 is 14.3 Å². The first-order valence-electron chi connectivity index (χ1n) is 4.90. The number of likely N-dealkylation sites (N-methyl/N-ethyl adjacent to an activating group) is 1. The van der Waals surface area contributed by atoms with Crippen molar-refractivity contribution in [3.05, 3.63) is 4.91 Å². The largest absolute Gasteiger partial charge is 0.464 e. The van der Waals surface area contributed by atoms with Gasteiger partial charge >= 0.3 is 5.97 Å². The molecular formula is C9H16N2O4. The average Bonchev–Trinajstić information content (AvgIpc) is 2.21.